The predicted molar refractivity (Wildman–Crippen MR) is 133 cm³/mol. The van der Waals surface area contributed by atoms with Crippen LogP contribution in [0.3, 0.4) is 0 Å². The number of aliphatic hydroxyl groups excluding tert-OH is 1. The van der Waals surface area contributed by atoms with Crippen LogP contribution in [0.25, 0.3) is 0 Å². The molecule has 3 nitrogen and oxygen atoms in total. The lowest BCUT2D eigenvalue weighted by Crippen LogP contribution is -2.48. The molecule has 0 saturated carbocycles. The van der Waals surface area contributed by atoms with Crippen molar-refractivity contribution in [1.29, 1.82) is 0 Å². The fourth-order valence-corrected chi connectivity index (χ4v) is 5.06. The Bertz CT molecular complexity index is 896. The van der Waals surface area contributed by atoms with E-state index in [9.17, 15) is 10.2 Å². The van der Waals surface area contributed by atoms with Crippen LogP contribution in [0.1, 0.15) is 54.9 Å². The maximum atomic E-state index is 12.0. The van der Waals surface area contributed by atoms with Gasteiger partial charge >= 0.3 is 0 Å². The zero-order valence-electron chi connectivity index (χ0n) is 18.7. The van der Waals surface area contributed by atoms with Crippen LogP contribution in [0.5, 0.6) is 0 Å². The van der Waals surface area contributed by atoms with E-state index >= 15 is 0 Å². The number of rotatable bonds is 7. The molecule has 1 fully saturated rings. The van der Waals surface area contributed by atoms with Gasteiger partial charge in [-0.2, -0.15) is 0 Å². The van der Waals surface area contributed by atoms with Gasteiger partial charge in [0, 0.05) is 18.5 Å². The first-order valence-electron chi connectivity index (χ1n) is 11.4. The Balaban J connectivity index is 0.00000289. The summed E-state index contributed by atoms with van der Waals surface area (Å²) < 4.78 is 0. The Labute approximate surface area is 198 Å². The Hall–Kier alpha value is -2.17. The van der Waals surface area contributed by atoms with E-state index in [4.69, 9.17) is 0 Å². The molecule has 3 atom stereocenters. The van der Waals surface area contributed by atoms with E-state index in [0.29, 0.717) is 18.9 Å². The molecule has 0 amide bonds. The third-order valence-corrected chi connectivity index (χ3v) is 6.94. The fourth-order valence-electron chi connectivity index (χ4n) is 5.06. The lowest BCUT2D eigenvalue weighted by atomic mass is 9.78. The van der Waals surface area contributed by atoms with E-state index in [1.54, 1.807) is 0 Å². The van der Waals surface area contributed by atoms with Crippen LogP contribution in [-0.4, -0.2) is 34.2 Å². The first kappa shape index (κ1) is 24.5. The average molecular weight is 452 g/mol. The number of nitrogens with zero attached hydrogens (tertiary/aromatic N) is 1. The Morgan fingerprint density at radius 1 is 0.812 bits per heavy atom. The van der Waals surface area contributed by atoms with Crippen molar-refractivity contribution < 1.29 is 10.2 Å². The number of halogens is 1. The number of hydrogen-bond donors (Lipinski definition) is 2. The standard InChI is InChI=1S/C28H33NO2.ClH/c1-29-25(20-27(30)22-12-5-2-6-13-22)18-11-19-26(29)21-28(31,23-14-7-3-8-15-23)24-16-9-4-10-17-24;/h2-10,12-17,25-27,30-31H,11,18-21H2,1H3;1H. The molecule has 2 N–H and O–H groups in total. The van der Waals surface area contributed by atoms with Gasteiger partial charge in [0.25, 0.3) is 0 Å². The average Bonchev–Trinajstić information content (AvgIpc) is 2.83. The quantitative estimate of drug-likeness (QED) is 0.483. The third-order valence-electron chi connectivity index (χ3n) is 6.94. The monoisotopic (exact) mass is 451 g/mol. The summed E-state index contributed by atoms with van der Waals surface area (Å²) in [6, 6.07) is 30.5. The molecule has 3 aromatic carbocycles. The second-order valence-electron chi connectivity index (χ2n) is 8.86. The maximum Gasteiger partial charge on any atom is 0.116 e. The summed E-state index contributed by atoms with van der Waals surface area (Å²) in [6.45, 7) is 0. The SMILES string of the molecule is CN1C(CC(O)c2ccccc2)CCCC1CC(O)(c1ccccc1)c1ccccc1.Cl. The van der Waals surface area contributed by atoms with Crippen molar-refractivity contribution in [3.8, 4) is 0 Å². The van der Waals surface area contributed by atoms with Gasteiger partial charge in [0.15, 0.2) is 0 Å². The third kappa shape index (κ3) is 5.41. The van der Waals surface area contributed by atoms with Gasteiger partial charge in [0.2, 0.25) is 0 Å². The van der Waals surface area contributed by atoms with Crippen LogP contribution in [0.2, 0.25) is 0 Å². The summed E-state index contributed by atoms with van der Waals surface area (Å²) in [7, 11) is 2.16. The molecule has 0 spiro atoms. The first-order valence-corrected chi connectivity index (χ1v) is 11.4. The summed E-state index contributed by atoms with van der Waals surface area (Å²) in [6.07, 6.45) is 4.12. The second-order valence-corrected chi connectivity index (χ2v) is 8.86. The van der Waals surface area contributed by atoms with Crippen molar-refractivity contribution in [3.63, 3.8) is 0 Å². The molecular weight excluding hydrogens is 418 g/mol. The predicted octanol–water partition coefficient (Wildman–Crippen LogP) is 5.71. The largest absolute Gasteiger partial charge is 0.388 e. The molecule has 170 valence electrons. The highest BCUT2D eigenvalue weighted by Crippen LogP contribution is 2.39. The van der Waals surface area contributed by atoms with E-state index < -0.39 is 11.7 Å². The minimum absolute atomic E-state index is 0. The zero-order valence-corrected chi connectivity index (χ0v) is 19.5. The molecule has 0 aromatic heterocycles. The van der Waals surface area contributed by atoms with Crippen molar-refractivity contribution in [3.05, 3.63) is 108 Å². The molecule has 1 heterocycles. The van der Waals surface area contributed by atoms with Gasteiger partial charge in [-0.15, -0.1) is 12.4 Å². The smallest absolute Gasteiger partial charge is 0.116 e. The summed E-state index contributed by atoms with van der Waals surface area (Å²) in [5, 5.41) is 22.8. The minimum atomic E-state index is -1.04. The van der Waals surface area contributed by atoms with E-state index in [2.05, 4.69) is 11.9 Å². The van der Waals surface area contributed by atoms with Gasteiger partial charge in [-0.3, -0.25) is 0 Å². The van der Waals surface area contributed by atoms with E-state index in [-0.39, 0.29) is 18.4 Å². The van der Waals surface area contributed by atoms with Crippen LogP contribution < -0.4 is 0 Å². The van der Waals surface area contributed by atoms with E-state index in [1.807, 2.05) is 91.0 Å². The first-order chi connectivity index (χ1) is 15.1. The van der Waals surface area contributed by atoms with Gasteiger partial charge in [-0.25, -0.2) is 0 Å². The molecule has 1 aliphatic heterocycles. The molecule has 4 rings (SSSR count). The normalized spacial score (nSPS) is 20.3. The van der Waals surface area contributed by atoms with Crippen LogP contribution in [-0.2, 0) is 5.60 Å². The van der Waals surface area contributed by atoms with Crippen LogP contribution in [0.4, 0.5) is 0 Å². The molecule has 1 aliphatic rings. The summed E-state index contributed by atoms with van der Waals surface area (Å²) in [5.41, 5.74) is 1.80. The number of likely N-dealkylation sites (tertiary alicyclic amines) is 1. The molecule has 0 aliphatic carbocycles. The van der Waals surface area contributed by atoms with Crippen LogP contribution in [0.15, 0.2) is 91.0 Å². The number of hydrogen-bond acceptors (Lipinski definition) is 3. The minimum Gasteiger partial charge on any atom is -0.388 e. The molecule has 32 heavy (non-hydrogen) atoms. The molecule has 3 unspecified atom stereocenters. The van der Waals surface area contributed by atoms with Crippen molar-refractivity contribution in [1.82, 2.24) is 4.90 Å². The van der Waals surface area contributed by atoms with Crippen molar-refractivity contribution in [2.75, 3.05) is 7.05 Å². The van der Waals surface area contributed by atoms with Gasteiger partial charge in [-0.1, -0.05) is 97.4 Å². The van der Waals surface area contributed by atoms with E-state index in [0.717, 1.165) is 36.0 Å². The van der Waals surface area contributed by atoms with Crippen LogP contribution in [0, 0.1) is 0 Å². The van der Waals surface area contributed by atoms with E-state index in [1.165, 1.54) is 0 Å². The maximum absolute atomic E-state index is 12.0. The Morgan fingerprint density at radius 2 is 1.28 bits per heavy atom. The van der Waals surface area contributed by atoms with Crippen LogP contribution >= 0.6 is 12.4 Å². The highest BCUT2D eigenvalue weighted by atomic mass is 35.5. The molecule has 4 heteroatoms. The second kappa shape index (κ2) is 11.1. The topological polar surface area (TPSA) is 43.7 Å². The fraction of sp³-hybridized carbons (Fsp3) is 0.357. The van der Waals surface area contributed by atoms with Crippen molar-refractivity contribution >= 4 is 12.4 Å². The highest BCUT2D eigenvalue weighted by Gasteiger charge is 2.38. The Kier molecular flexibility index (Phi) is 8.50. The van der Waals surface area contributed by atoms with Gasteiger partial charge in [-0.05, 0) is 43.0 Å². The molecule has 3 aromatic rings. The molecule has 1 saturated heterocycles. The lowest BCUT2D eigenvalue weighted by molar-refractivity contribution is 0.00147. The molecule has 0 bridgehead atoms. The number of benzene rings is 3. The molecule has 0 radical (unpaired) electrons. The number of piperidine rings is 1. The zero-order chi connectivity index (χ0) is 21.7. The number of aliphatic hydroxyl groups is 2. The lowest BCUT2D eigenvalue weighted by Gasteiger charge is -2.44. The Morgan fingerprint density at radius 3 is 1.81 bits per heavy atom. The summed E-state index contributed by atoms with van der Waals surface area (Å²) in [5.74, 6) is 0. The van der Waals surface area contributed by atoms with Crippen molar-refractivity contribution in [2.45, 2.75) is 55.9 Å². The summed E-state index contributed by atoms with van der Waals surface area (Å²) in [4.78, 5) is 2.40. The van der Waals surface area contributed by atoms with Gasteiger partial charge in [0.1, 0.15) is 5.60 Å². The molecular formula is C28H34ClNO2. The van der Waals surface area contributed by atoms with Gasteiger partial charge < -0.3 is 15.1 Å². The highest BCUT2D eigenvalue weighted by molar-refractivity contribution is 5.85. The summed E-state index contributed by atoms with van der Waals surface area (Å²) >= 11 is 0. The van der Waals surface area contributed by atoms with Crippen molar-refractivity contribution in [2.24, 2.45) is 0 Å². The van der Waals surface area contributed by atoms with Gasteiger partial charge in [0.05, 0.1) is 6.10 Å².